The van der Waals surface area contributed by atoms with Crippen LogP contribution in [0.5, 0.6) is 0 Å². The molecule has 1 fully saturated rings. The van der Waals surface area contributed by atoms with Crippen molar-refractivity contribution in [2.24, 2.45) is 0 Å². The van der Waals surface area contributed by atoms with Crippen LogP contribution in [0.1, 0.15) is 24.0 Å². The average Bonchev–Trinajstić information content (AvgIpc) is 3.62. The fourth-order valence-electron chi connectivity index (χ4n) is 5.45. The highest BCUT2D eigenvalue weighted by atomic mass is 16.2. The number of rotatable bonds is 5. The molecule has 40 heavy (non-hydrogen) atoms. The Morgan fingerprint density at radius 3 is 2.67 bits per heavy atom. The molecule has 5 aromatic rings. The first-order valence-corrected chi connectivity index (χ1v) is 13.3. The summed E-state index contributed by atoms with van der Waals surface area (Å²) in [5.41, 5.74) is 5.91. The van der Waals surface area contributed by atoms with Crippen molar-refractivity contribution < 1.29 is 4.79 Å². The number of pyridine rings is 3. The summed E-state index contributed by atoms with van der Waals surface area (Å²) >= 11 is 0. The summed E-state index contributed by atoms with van der Waals surface area (Å²) in [4.78, 5) is 38.5. The number of carbonyl (C=O) groups excluding carboxylic acids is 1. The Labute approximate surface area is 231 Å². The quantitative estimate of drug-likeness (QED) is 0.350. The van der Waals surface area contributed by atoms with Gasteiger partial charge in [-0.3, -0.25) is 9.20 Å². The van der Waals surface area contributed by atoms with E-state index in [1.807, 2.05) is 53.8 Å². The molecule has 2 aliphatic heterocycles. The SMILES string of the molecule is CC(=O)N1CCN(c2ccc(Nc3nccc(-c4cnc5ccc(C6CNc7ncccc76)cn45)n3)nc2)CC1. The van der Waals surface area contributed by atoms with E-state index in [2.05, 4.69) is 58.2 Å². The number of anilines is 4. The van der Waals surface area contributed by atoms with Crippen molar-refractivity contribution in [2.75, 3.05) is 48.3 Å². The Balaban J connectivity index is 1.10. The lowest BCUT2D eigenvalue weighted by Crippen LogP contribution is -2.48. The molecule has 200 valence electrons. The van der Waals surface area contributed by atoms with Crippen LogP contribution >= 0.6 is 0 Å². The van der Waals surface area contributed by atoms with Gasteiger partial charge in [0.1, 0.15) is 17.3 Å². The number of carbonyl (C=O) groups is 1. The molecule has 11 heteroatoms. The molecule has 2 aliphatic rings. The largest absolute Gasteiger partial charge is 0.369 e. The molecule has 0 bridgehead atoms. The number of amides is 1. The maximum atomic E-state index is 11.6. The van der Waals surface area contributed by atoms with Crippen LogP contribution in [-0.2, 0) is 4.79 Å². The second kappa shape index (κ2) is 9.92. The van der Waals surface area contributed by atoms with Gasteiger partial charge in [0, 0.05) is 69.7 Å². The van der Waals surface area contributed by atoms with Crippen LogP contribution in [0.4, 0.5) is 23.3 Å². The van der Waals surface area contributed by atoms with Crippen LogP contribution in [0.3, 0.4) is 0 Å². The standard InChI is InChI=1S/C29H28N10O/c1-19(40)37-11-13-38(14-12-37)21-5-6-26(32-15-21)36-29-31-10-8-24(35-29)25-17-33-27-7-4-20(18-39(25)27)23-16-34-28-22(23)3-2-9-30-28/h2-10,15,17-18,23H,11-14,16H2,1H3,(H,30,34)(H,31,32,35,36). The minimum atomic E-state index is 0.123. The van der Waals surface area contributed by atoms with E-state index >= 15 is 0 Å². The summed E-state index contributed by atoms with van der Waals surface area (Å²) in [6.07, 6.45) is 9.37. The molecule has 2 N–H and O–H groups in total. The van der Waals surface area contributed by atoms with E-state index in [9.17, 15) is 4.79 Å². The molecular formula is C29H28N10O. The topological polar surface area (TPSA) is 116 Å². The molecule has 0 spiro atoms. The first-order valence-electron chi connectivity index (χ1n) is 13.3. The van der Waals surface area contributed by atoms with E-state index in [1.54, 1.807) is 13.1 Å². The van der Waals surface area contributed by atoms with Gasteiger partial charge in [-0.1, -0.05) is 12.1 Å². The van der Waals surface area contributed by atoms with Crippen molar-refractivity contribution in [2.45, 2.75) is 12.8 Å². The van der Waals surface area contributed by atoms with Crippen molar-refractivity contribution in [3.63, 3.8) is 0 Å². The fourth-order valence-corrected chi connectivity index (χ4v) is 5.45. The number of piperazine rings is 1. The smallest absolute Gasteiger partial charge is 0.228 e. The van der Waals surface area contributed by atoms with E-state index in [0.717, 1.165) is 61.3 Å². The van der Waals surface area contributed by atoms with Gasteiger partial charge in [-0.05, 0) is 35.9 Å². The molecule has 11 nitrogen and oxygen atoms in total. The van der Waals surface area contributed by atoms with Crippen LogP contribution in [0.2, 0.25) is 0 Å². The molecule has 1 atom stereocenters. The maximum Gasteiger partial charge on any atom is 0.228 e. The summed E-state index contributed by atoms with van der Waals surface area (Å²) in [6, 6.07) is 14.1. The molecule has 7 heterocycles. The first kappa shape index (κ1) is 24.0. The predicted octanol–water partition coefficient (Wildman–Crippen LogP) is 3.55. The van der Waals surface area contributed by atoms with Crippen molar-refractivity contribution in [3.05, 3.63) is 84.6 Å². The van der Waals surface area contributed by atoms with Crippen LogP contribution in [0.15, 0.2) is 73.4 Å². The van der Waals surface area contributed by atoms with E-state index in [4.69, 9.17) is 4.98 Å². The zero-order valence-corrected chi connectivity index (χ0v) is 22.0. The Bertz CT molecular complexity index is 1690. The lowest BCUT2D eigenvalue weighted by molar-refractivity contribution is -0.129. The van der Waals surface area contributed by atoms with Gasteiger partial charge in [-0.15, -0.1) is 0 Å². The molecule has 5 aromatic heterocycles. The lowest BCUT2D eigenvalue weighted by Gasteiger charge is -2.35. The minimum absolute atomic E-state index is 0.123. The Morgan fingerprint density at radius 1 is 0.950 bits per heavy atom. The third kappa shape index (κ3) is 4.45. The molecule has 0 aromatic carbocycles. The van der Waals surface area contributed by atoms with Gasteiger partial charge >= 0.3 is 0 Å². The van der Waals surface area contributed by atoms with Crippen LogP contribution in [0.25, 0.3) is 17.0 Å². The third-order valence-electron chi connectivity index (χ3n) is 7.61. The Hall–Kier alpha value is -5.06. The Kier molecular flexibility index (Phi) is 5.95. The third-order valence-corrected chi connectivity index (χ3v) is 7.61. The Morgan fingerprint density at radius 2 is 1.85 bits per heavy atom. The van der Waals surface area contributed by atoms with Gasteiger partial charge in [-0.2, -0.15) is 0 Å². The number of nitrogens with zero attached hydrogens (tertiary/aromatic N) is 8. The molecule has 0 radical (unpaired) electrons. The number of hydrogen-bond acceptors (Lipinski definition) is 9. The zero-order valence-electron chi connectivity index (χ0n) is 22.0. The normalized spacial score (nSPS) is 16.6. The lowest BCUT2D eigenvalue weighted by atomic mass is 9.96. The monoisotopic (exact) mass is 532 g/mol. The number of imidazole rings is 1. The van der Waals surface area contributed by atoms with E-state index in [1.165, 1.54) is 11.1 Å². The van der Waals surface area contributed by atoms with Crippen molar-refractivity contribution in [1.29, 1.82) is 0 Å². The van der Waals surface area contributed by atoms with Crippen LogP contribution in [0, 0.1) is 0 Å². The van der Waals surface area contributed by atoms with Crippen LogP contribution < -0.4 is 15.5 Å². The van der Waals surface area contributed by atoms with E-state index in [-0.39, 0.29) is 11.8 Å². The predicted molar refractivity (Wildman–Crippen MR) is 153 cm³/mol. The van der Waals surface area contributed by atoms with Gasteiger partial charge in [-0.25, -0.2) is 24.9 Å². The van der Waals surface area contributed by atoms with Gasteiger partial charge in [0.25, 0.3) is 0 Å². The fraction of sp³-hybridized carbons (Fsp3) is 0.241. The number of aromatic nitrogens is 6. The number of nitrogens with one attached hydrogen (secondary N) is 2. The highest BCUT2D eigenvalue weighted by Crippen LogP contribution is 2.35. The zero-order chi connectivity index (χ0) is 27.1. The average molecular weight is 533 g/mol. The summed E-state index contributed by atoms with van der Waals surface area (Å²) in [5.74, 6) is 2.40. The van der Waals surface area contributed by atoms with Gasteiger partial charge in [0.2, 0.25) is 11.9 Å². The van der Waals surface area contributed by atoms with E-state index in [0.29, 0.717) is 11.8 Å². The van der Waals surface area contributed by atoms with Crippen LogP contribution in [-0.4, -0.2) is 72.9 Å². The van der Waals surface area contributed by atoms with Gasteiger partial charge < -0.3 is 20.4 Å². The molecule has 7 rings (SSSR count). The molecule has 1 amide bonds. The molecule has 0 saturated carbocycles. The highest BCUT2D eigenvalue weighted by molar-refractivity contribution is 5.73. The van der Waals surface area contributed by atoms with Gasteiger partial charge in [0.15, 0.2) is 0 Å². The molecular weight excluding hydrogens is 504 g/mol. The molecule has 1 unspecified atom stereocenters. The maximum absolute atomic E-state index is 11.6. The first-order chi connectivity index (χ1) is 19.6. The highest BCUT2D eigenvalue weighted by Gasteiger charge is 2.25. The van der Waals surface area contributed by atoms with Crippen molar-refractivity contribution >= 4 is 34.8 Å². The molecule has 1 saturated heterocycles. The summed E-state index contributed by atoms with van der Waals surface area (Å²) in [7, 11) is 0. The summed E-state index contributed by atoms with van der Waals surface area (Å²) in [6.45, 7) is 5.46. The second-order valence-electron chi connectivity index (χ2n) is 9.99. The summed E-state index contributed by atoms with van der Waals surface area (Å²) in [5, 5.41) is 6.63. The number of fused-ring (bicyclic) bond motifs is 2. The van der Waals surface area contributed by atoms with Crippen molar-refractivity contribution in [1.82, 2.24) is 34.2 Å². The second-order valence-corrected chi connectivity index (χ2v) is 9.99. The number of hydrogen-bond donors (Lipinski definition) is 2. The van der Waals surface area contributed by atoms with Gasteiger partial charge in [0.05, 0.1) is 29.5 Å². The van der Waals surface area contributed by atoms with E-state index < -0.39 is 0 Å². The minimum Gasteiger partial charge on any atom is -0.369 e. The summed E-state index contributed by atoms with van der Waals surface area (Å²) < 4.78 is 2.08. The van der Waals surface area contributed by atoms with Crippen molar-refractivity contribution in [3.8, 4) is 11.4 Å². The molecule has 0 aliphatic carbocycles.